The standard InChI is InChI=1S/C12H23NOS/c1-11-5-6-12(14)13(9-7-11)8-3-2-4-10-15/h11,15H,2-10H2,1H3. The van der Waals surface area contributed by atoms with Crippen LogP contribution in [-0.4, -0.2) is 29.6 Å². The summed E-state index contributed by atoms with van der Waals surface area (Å²) in [5.74, 6) is 2.05. The number of hydrogen-bond acceptors (Lipinski definition) is 2. The Morgan fingerprint density at radius 3 is 2.87 bits per heavy atom. The predicted molar refractivity (Wildman–Crippen MR) is 67.3 cm³/mol. The van der Waals surface area contributed by atoms with Gasteiger partial charge < -0.3 is 4.90 Å². The van der Waals surface area contributed by atoms with Crippen LogP contribution >= 0.6 is 12.6 Å². The molecule has 0 N–H and O–H groups in total. The normalized spacial score (nSPS) is 22.9. The van der Waals surface area contributed by atoms with Crippen LogP contribution in [0.15, 0.2) is 0 Å². The first-order valence-electron chi connectivity index (χ1n) is 6.12. The summed E-state index contributed by atoms with van der Waals surface area (Å²) < 4.78 is 0. The van der Waals surface area contributed by atoms with E-state index in [0.717, 1.165) is 44.0 Å². The fourth-order valence-electron chi connectivity index (χ4n) is 2.00. The molecule has 15 heavy (non-hydrogen) atoms. The molecule has 0 aromatic rings. The number of thiol groups is 1. The first kappa shape index (κ1) is 12.9. The quantitative estimate of drug-likeness (QED) is 0.568. The maximum absolute atomic E-state index is 11.7. The number of amides is 1. The molecule has 1 rings (SSSR count). The van der Waals surface area contributed by atoms with Crippen molar-refractivity contribution in [3.05, 3.63) is 0 Å². The number of carbonyl (C=O) groups is 1. The van der Waals surface area contributed by atoms with E-state index in [-0.39, 0.29) is 0 Å². The van der Waals surface area contributed by atoms with Crippen LogP contribution in [0.1, 0.15) is 45.4 Å². The van der Waals surface area contributed by atoms with Crippen molar-refractivity contribution in [1.82, 2.24) is 4.90 Å². The summed E-state index contributed by atoms with van der Waals surface area (Å²) in [6.07, 6.45) is 6.52. The average molecular weight is 229 g/mol. The maximum Gasteiger partial charge on any atom is 0.222 e. The van der Waals surface area contributed by atoms with E-state index < -0.39 is 0 Å². The van der Waals surface area contributed by atoms with Gasteiger partial charge in [-0.25, -0.2) is 0 Å². The topological polar surface area (TPSA) is 20.3 Å². The Bertz CT molecular complexity index is 196. The minimum absolute atomic E-state index is 0.366. The van der Waals surface area contributed by atoms with Gasteiger partial charge in [-0.2, -0.15) is 12.6 Å². The lowest BCUT2D eigenvalue weighted by molar-refractivity contribution is -0.130. The largest absolute Gasteiger partial charge is 0.343 e. The lowest BCUT2D eigenvalue weighted by atomic mass is 10.0. The summed E-state index contributed by atoms with van der Waals surface area (Å²) in [7, 11) is 0. The molecule has 1 saturated heterocycles. The molecule has 1 amide bonds. The molecule has 1 fully saturated rings. The van der Waals surface area contributed by atoms with Crippen LogP contribution < -0.4 is 0 Å². The molecular weight excluding hydrogens is 206 g/mol. The predicted octanol–water partition coefficient (Wildman–Crippen LogP) is 2.74. The minimum Gasteiger partial charge on any atom is -0.343 e. The van der Waals surface area contributed by atoms with Gasteiger partial charge >= 0.3 is 0 Å². The molecule has 0 spiro atoms. The number of rotatable bonds is 5. The van der Waals surface area contributed by atoms with Crippen molar-refractivity contribution >= 4 is 18.5 Å². The molecule has 1 unspecified atom stereocenters. The van der Waals surface area contributed by atoms with Crippen molar-refractivity contribution < 1.29 is 4.79 Å². The minimum atomic E-state index is 0.366. The zero-order valence-electron chi connectivity index (χ0n) is 9.74. The first-order chi connectivity index (χ1) is 7.24. The van der Waals surface area contributed by atoms with Gasteiger partial charge in [0.1, 0.15) is 0 Å². The van der Waals surface area contributed by atoms with E-state index >= 15 is 0 Å². The van der Waals surface area contributed by atoms with Crippen molar-refractivity contribution in [1.29, 1.82) is 0 Å². The molecular formula is C12H23NOS. The SMILES string of the molecule is CC1CCC(=O)N(CCCCCS)CC1. The number of nitrogens with zero attached hydrogens (tertiary/aromatic N) is 1. The van der Waals surface area contributed by atoms with Gasteiger partial charge in [0.15, 0.2) is 0 Å². The molecule has 2 nitrogen and oxygen atoms in total. The number of carbonyl (C=O) groups excluding carboxylic acids is 1. The fourth-order valence-corrected chi connectivity index (χ4v) is 2.22. The highest BCUT2D eigenvalue weighted by Gasteiger charge is 2.19. The Balaban J connectivity index is 2.23. The first-order valence-corrected chi connectivity index (χ1v) is 6.76. The van der Waals surface area contributed by atoms with Crippen LogP contribution in [0.25, 0.3) is 0 Å². The van der Waals surface area contributed by atoms with Gasteiger partial charge in [0.2, 0.25) is 5.91 Å². The van der Waals surface area contributed by atoms with E-state index in [9.17, 15) is 4.79 Å². The average Bonchev–Trinajstić information content (AvgIpc) is 2.38. The second-order valence-corrected chi connectivity index (χ2v) is 5.04. The van der Waals surface area contributed by atoms with E-state index in [1.165, 1.54) is 19.3 Å². The summed E-state index contributed by atoms with van der Waals surface area (Å²) in [5.41, 5.74) is 0. The number of unbranched alkanes of at least 4 members (excludes halogenated alkanes) is 2. The van der Waals surface area contributed by atoms with Crippen molar-refractivity contribution in [3.63, 3.8) is 0 Å². The highest BCUT2D eigenvalue weighted by Crippen LogP contribution is 2.17. The third kappa shape index (κ3) is 4.92. The Kier molecular flexibility index (Phi) is 6.15. The lowest BCUT2D eigenvalue weighted by Gasteiger charge is -2.20. The van der Waals surface area contributed by atoms with Crippen molar-refractivity contribution in [3.8, 4) is 0 Å². The monoisotopic (exact) mass is 229 g/mol. The Hall–Kier alpha value is -0.180. The van der Waals surface area contributed by atoms with Crippen molar-refractivity contribution in [2.24, 2.45) is 5.92 Å². The second-order valence-electron chi connectivity index (χ2n) is 4.60. The fraction of sp³-hybridized carbons (Fsp3) is 0.917. The highest BCUT2D eigenvalue weighted by atomic mass is 32.1. The Morgan fingerprint density at radius 2 is 2.13 bits per heavy atom. The summed E-state index contributed by atoms with van der Waals surface area (Å²) in [6.45, 7) is 4.18. The van der Waals surface area contributed by atoms with E-state index in [0.29, 0.717) is 5.91 Å². The summed E-state index contributed by atoms with van der Waals surface area (Å²) >= 11 is 4.19. The zero-order chi connectivity index (χ0) is 11.1. The Labute approximate surface area is 98.8 Å². The van der Waals surface area contributed by atoms with Crippen LogP contribution in [0.5, 0.6) is 0 Å². The van der Waals surface area contributed by atoms with Gasteiger partial charge in [0, 0.05) is 19.5 Å². The summed E-state index contributed by atoms with van der Waals surface area (Å²) in [6, 6.07) is 0. The van der Waals surface area contributed by atoms with Crippen LogP contribution in [0, 0.1) is 5.92 Å². The third-order valence-electron chi connectivity index (χ3n) is 3.18. The molecule has 1 aliphatic heterocycles. The van der Waals surface area contributed by atoms with E-state index in [1.54, 1.807) is 0 Å². The van der Waals surface area contributed by atoms with E-state index in [4.69, 9.17) is 0 Å². The van der Waals surface area contributed by atoms with Crippen molar-refractivity contribution in [2.45, 2.75) is 45.4 Å². The zero-order valence-corrected chi connectivity index (χ0v) is 10.6. The molecule has 1 atom stereocenters. The van der Waals surface area contributed by atoms with Crippen LogP contribution in [-0.2, 0) is 4.79 Å². The van der Waals surface area contributed by atoms with E-state index in [2.05, 4.69) is 24.5 Å². The molecule has 88 valence electrons. The molecule has 1 aliphatic rings. The maximum atomic E-state index is 11.7. The van der Waals surface area contributed by atoms with Gasteiger partial charge in [-0.05, 0) is 37.4 Å². The van der Waals surface area contributed by atoms with Crippen molar-refractivity contribution in [2.75, 3.05) is 18.8 Å². The number of likely N-dealkylation sites (tertiary alicyclic amines) is 1. The number of hydrogen-bond donors (Lipinski definition) is 1. The van der Waals surface area contributed by atoms with E-state index in [1.807, 2.05) is 0 Å². The molecule has 1 heterocycles. The third-order valence-corrected chi connectivity index (χ3v) is 3.50. The van der Waals surface area contributed by atoms with Gasteiger partial charge in [-0.15, -0.1) is 0 Å². The van der Waals surface area contributed by atoms with Crippen LogP contribution in [0.3, 0.4) is 0 Å². The molecule has 0 bridgehead atoms. The molecule has 0 aromatic carbocycles. The molecule has 3 heteroatoms. The molecule has 0 aliphatic carbocycles. The highest BCUT2D eigenvalue weighted by molar-refractivity contribution is 7.80. The smallest absolute Gasteiger partial charge is 0.222 e. The Morgan fingerprint density at radius 1 is 1.33 bits per heavy atom. The molecule has 0 radical (unpaired) electrons. The summed E-state index contributed by atoms with van der Waals surface area (Å²) in [5, 5.41) is 0. The van der Waals surface area contributed by atoms with Gasteiger partial charge in [-0.3, -0.25) is 4.79 Å². The second kappa shape index (κ2) is 7.15. The summed E-state index contributed by atoms with van der Waals surface area (Å²) in [4.78, 5) is 13.8. The van der Waals surface area contributed by atoms with Crippen LogP contribution in [0.2, 0.25) is 0 Å². The van der Waals surface area contributed by atoms with Gasteiger partial charge in [0.05, 0.1) is 0 Å². The molecule has 0 saturated carbocycles. The lowest BCUT2D eigenvalue weighted by Crippen LogP contribution is -2.31. The van der Waals surface area contributed by atoms with Crippen LogP contribution in [0.4, 0.5) is 0 Å². The van der Waals surface area contributed by atoms with Gasteiger partial charge in [0.25, 0.3) is 0 Å². The molecule has 0 aromatic heterocycles. The van der Waals surface area contributed by atoms with Gasteiger partial charge in [-0.1, -0.05) is 13.3 Å².